The lowest BCUT2D eigenvalue weighted by Gasteiger charge is -2.06. The molecule has 76 valence electrons. The highest BCUT2D eigenvalue weighted by molar-refractivity contribution is 14.1. The van der Waals surface area contributed by atoms with Crippen molar-refractivity contribution in [2.24, 2.45) is 10.9 Å². The first-order valence-electron chi connectivity index (χ1n) is 3.79. The van der Waals surface area contributed by atoms with E-state index in [4.69, 9.17) is 10.9 Å². The minimum Gasteiger partial charge on any atom is -0.409 e. The minimum absolute atomic E-state index is 0.152. The number of amidine groups is 1. The van der Waals surface area contributed by atoms with Crippen LogP contribution in [0.1, 0.15) is 0 Å². The Hall–Kier alpha value is -0.500. The summed E-state index contributed by atoms with van der Waals surface area (Å²) in [5.41, 5.74) is 6.23. The summed E-state index contributed by atoms with van der Waals surface area (Å²) in [5, 5.41) is 14.2. The lowest BCUT2D eigenvalue weighted by Crippen LogP contribution is -2.22. The van der Waals surface area contributed by atoms with E-state index in [0.29, 0.717) is 6.54 Å². The van der Waals surface area contributed by atoms with E-state index in [9.17, 15) is 0 Å². The minimum atomic E-state index is 0.152. The number of oxime groups is 1. The highest BCUT2D eigenvalue weighted by Gasteiger charge is 1.98. The van der Waals surface area contributed by atoms with Gasteiger partial charge in [0.1, 0.15) is 0 Å². The van der Waals surface area contributed by atoms with E-state index in [2.05, 4.69) is 49.0 Å². The van der Waals surface area contributed by atoms with Gasteiger partial charge in [0.25, 0.3) is 0 Å². The van der Waals surface area contributed by atoms with Crippen molar-refractivity contribution in [1.29, 1.82) is 0 Å². The molecule has 0 spiro atoms. The van der Waals surface area contributed by atoms with Crippen LogP contribution in [-0.2, 0) is 0 Å². The number of benzene rings is 1. The van der Waals surface area contributed by atoms with E-state index in [1.165, 1.54) is 0 Å². The number of halogens is 2. The Balaban J connectivity index is 2.64. The average Bonchev–Trinajstić information content (AvgIpc) is 2.19. The maximum absolute atomic E-state index is 8.32. The first-order chi connectivity index (χ1) is 6.63. The van der Waals surface area contributed by atoms with Crippen molar-refractivity contribution in [3.05, 3.63) is 26.2 Å². The van der Waals surface area contributed by atoms with Crippen LogP contribution >= 0.6 is 38.5 Å². The Morgan fingerprint density at radius 3 is 2.93 bits per heavy atom. The van der Waals surface area contributed by atoms with Crippen LogP contribution in [-0.4, -0.2) is 17.6 Å². The third-order valence-electron chi connectivity index (χ3n) is 1.52. The fourth-order valence-electron chi connectivity index (χ4n) is 0.834. The zero-order valence-electron chi connectivity index (χ0n) is 7.17. The second-order valence-corrected chi connectivity index (χ2v) is 4.59. The highest BCUT2D eigenvalue weighted by Crippen LogP contribution is 2.22. The average molecular weight is 370 g/mol. The number of hydrogen-bond donors (Lipinski definition) is 3. The molecule has 1 rings (SSSR count). The Morgan fingerprint density at radius 1 is 1.64 bits per heavy atom. The van der Waals surface area contributed by atoms with Gasteiger partial charge in [0.05, 0.1) is 6.54 Å². The molecule has 0 aliphatic rings. The molecule has 1 aromatic rings. The van der Waals surface area contributed by atoms with Crippen LogP contribution in [0.15, 0.2) is 27.8 Å². The molecule has 0 aliphatic heterocycles. The van der Waals surface area contributed by atoms with Crippen molar-refractivity contribution in [1.82, 2.24) is 0 Å². The largest absolute Gasteiger partial charge is 0.409 e. The van der Waals surface area contributed by atoms with Crippen molar-refractivity contribution in [2.45, 2.75) is 0 Å². The van der Waals surface area contributed by atoms with Gasteiger partial charge in [-0.05, 0) is 56.7 Å². The maximum Gasteiger partial charge on any atom is 0.158 e. The zero-order valence-corrected chi connectivity index (χ0v) is 10.9. The molecule has 4 nitrogen and oxygen atoms in total. The van der Waals surface area contributed by atoms with Crippen LogP contribution in [0.3, 0.4) is 0 Å². The van der Waals surface area contributed by atoms with E-state index in [-0.39, 0.29) is 5.84 Å². The van der Waals surface area contributed by atoms with Gasteiger partial charge in [0.15, 0.2) is 5.84 Å². The molecular formula is C8H9BrIN3O. The number of rotatable bonds is 3. The van der Waals surface area contributed by atoms with Crippen molar-refractivity contribution >= 4 is 50.0 Å². The Morgan fingerprint density at radius 2 is 2.36 bits per heavy atom. The van der Waals surface area contributed by atoms with Gasteiger partial charge in [0, 0.05) is 13.7 Å². The van der Waals surface area contributed by atoms with Gasteiger partial charge in [0.2, 0.25) is 0 Å². The predicted octanol–water partition coefficient (Wildman–Crippen LogP) is 2.21. The summed E-state index contributed by atoms with van der Waals surface area (Å²) in [4.78, 5) is 0. The standard InChI is InChI=1S/C8H9BrIN3O/c9-6-3-5(1-2-7(6)10)12-4-8(11)13-14/h1-3,12,14H,4H2,(H2,11,13). The maximum atomic E-state index is 8.32. The normalized spacial score (nSPS) is 11.4. The van der Waals surface area contributed by atoms with Crippen LogP contribution in [0.25, 0.3) is 0 Å². The highest BCUT2D eigenvalue weighted by atomic mass is 127. The number of nitrogens with one attached hydrogen (secondary N) is 1. The van der Waals surface area contributed by atoms with Gasteiger partial charge in [-0.15, -0.1) is 0 Å². The molecule has 0 atom stereocenters. The van der Waals surface area contributed by atoms with Crippen LogP contribution in [0.5, 0.6) is 0 Å². The molecule has 4 N–H and O–H groups in total. The topological polar surface area (TPSA) is 70.6 Å². The van der Waals surface area contributed by atoms with E-state index in [0.717, 1.165) is 13.7 Å². The molecular weight excluding hydrogens is 361 g/mol. The molecule has 14 heavy (non-hydrogen) atoms. The van der Waals surface area contributed by atoms with Crippen molar-refractivity contribution in [3.8, 4) is 0 Å². The van der Waals surface area contributed by atoms with Gasteiger partial charge in [-0.1, -0.05) is 5.16 Å². The Bertz CT molecular complexity index is 356. The number of nitrogens with two attached hydrogens (primary N) is 1. The Kier molecular flexibility index (Phi) is 4.46. The first-order valence-corrected chi connectivity index (χ1v) is 5.66. The van der Waals surface area contributed by atoms with Gasteiger partial charge in [-0.25, -0.2) is 0 Å². The lowest BCUT2D eigenvalue weighted by atomic mass is 10.3. The number of nitrogens with zero attached hydrogens (tertiary/aromatic N) is 1. The van der Waals surface area contributed by atoms with Crippen molar-refractivity contribution in [2.75, 3.05) is 11.9 Å². The monoisotopic (exact) mass is 369 g/mol. The summed E-state index contributed by atoms with van der Waals surface area (Å²) in [6, 6.07) is 5.84. The smallest absolute Gasteiger partial charge is 0.158 e. The van der Waals surface area contributed by atoms with Gasteiger partial charge in [-0.3, -0.25) is 0 Å². The zero-order chi connectivity index (χ0) is 10.6. The molecule has 0 radical (unpaired) electrons. The first kappa shape index (κ1) is 11.6. The molecule has 0 aliphatic carbocycles. The molecule has 0 fully saturated rings. The Labute approximate surface area is 104 Å². The molecule has 0 bridgehead atoms. The van der Waals surface area contributed by atoms with Crippen molar-refractivity contribution < 1.29 is 5.21 Å². The summed E-state index contributed by atoms with van der Waals surface area (Å²) in [6.45, 7) is 0.323. The molecule has 0 amide bonds. The third-order valence-corrected chi connectivity index (χ3v) is 3.86. The molecule has 0 unspecified atom stereocenters. The molecule has 0 saturated heterocycles. The predicted molar refractivity (Wildman–Crippen MR) is 68.8 cm³/mol. The molecule has 1 aromatic carbocycles. The van der Waals surface area contributed by atoms with Crippen molar-refractivity contribution in [3.63, 3.8) is 0 Å². The second kappa shape index (κ2) is 5.40. The van der Waals surface area contributed by atoms with Gasteiger partial charge >= 0.3 is 0 Å². The molecule has 0 aromatic heterocycles. The molecule has 6 heteroatoms. The quantitative estimate of drug-likeness (QED) is 0.251. The van der Waals surface area contributed by atoms with E-state index < -0.39 is 0 Å². The summed E-state index contributed by atoms with van der Waals surface area (Å²) in [5.74, 6) is 0.152. The summed E-state index contributed by atoms with van der Waals surface area (Å²) < 4.78 is 2.15. The van der Waals surface area contributed by atoms with Gasteiger partial charge < -0.3 is 16.3 Å². The number of hydrogen-bond acceptors (Lipinski definition) is 3. The summed E-state index contributed by atoms with van der Waals surface area (Å²) in [6.07, 6.45) is 0. The van der Waals surface area contributed by atoms with Gasteiger partial charge in [-0.2, -0.15) is 0 Å². The third kappa shape index (κ3) is 3.33. The van der Waals surface area contributed by atoms with Crippen LogP contribution in [0, 0.1) is 3.57 Å². The summed E-state index contributed by atoms with van der Waals surface area (Å²) >= 11 is 5.64. The fraction of sp³-hybridized carbons (Fsp3) is 0.125. The molecule has 0 heterocycles. The lowest BCUT2D eigenvalue weighted by molar-refractivity contribution is 0.317. The van der Waals surface area contributed by atoms with E-state index in [1.54, 1.807) is 0 Å². The summed E-state index contributed by atoms with van der Waals surface area (Å²) in [7, 11) is 0. The fourth-order valence-corrected chi connectivity index (χ4v) is 1.55. The van der Waals surface area contributed by atoms with Crippen LogP contribution in [0.2, 0.25) is 0 Å². The van der Waals surface area contributed by atoms with E-state index in [1.807, 2.05) is 18.2 Å². The molecule has 0 saturated carbocycles. The SMILES string of the molecule is N/C(CNc1ccc(I)c(Br)c1)=N/O. The van der Waals surface area contributed by atoms with Crippen LogP contribution in [0.4, 0.5) is 5.69 Å². The number of anilines is 1. The second-order valence-electron chi connectivity index (χ2n) is 2.57. The van der Waals surface area contributed by atoms with E-state index >= 15 is 0 Å². The van der Waals surface area contributed by atoms with Crippen LogP contribution < -0.4 is 11.1 Å².